The lowest BCUT2D eigenvalue weighted by Gasteiger charge is -2.28. The number of nitrogens with one attached hydrogen (secondary N) is 1. The van der Waals surface area contributed by atoms with Gasteiger partial charge in [0.1, 0.15) is 12.4 Å². The lowest BCUT2D eigenvalue weighted by molar-refractivity contribution is -0.131. The Labute approximate surface area is 163 Å². The van der Waals surface area contributed by atoms with Crippen molar-refractivity contribution in [2.24, 2.45) is 11.1 Å². The molecule has 0 bridgehead atoms. The van der Waals surface area contributed by atoms with Crippen molar-refractivity contribution < 1.29 is 14.3 Å². The van der Waals surface area contributed by atoms with E-state index in [2.05, 4.69) is 5.32 Å². The first-order valence-corrected chi connectivity index (χ1v) is 9.37. The van der Waals surface area contributed by atoms with Gasteiger partial charge >= 0.3 is 0 Å². The van der Waals surface area contributed by atoms with Crippen molar-refractivity contribution >= 4 is 18.3 Å². The summed E-state index contributed by atoms with van der Waals surface area (Å²) in [6.45, 7) is 8.25. The summed E-state index contributed by atoms with van der Waals surface area (Å²) in [4.78, 5) is 12.6. The van der Waals surface area contributed by atoms with Crippen LogP contribution in [-0.4, -0.2) is 31.8 Å². The maximum atomic E-state index is 12.6. The second-order valence-electron chi connectivity index (χ2n) is 6.93. The first-order chi connectivity index (χ1) is 12.0. The summed E-state index contributed by atoms with van der Waals surface area (Å²) in [5, 5.41) is 3.05. The molecule has 5 nitrogen and oxygen atoms in total. The number of benzene rings is 1. The normalized spacial score (nSPS) is 16.8. The Hall–Kier alpha value is -1.30. The van der Waals surface area contributed by atoms with Gasteiger partial charge in [0.2, 0.25) is 5.91 Å². The zero-order valence-electron chi connectivity index (χ0n) is 16.2. The molecule has 0 radical (unpaired) electrons. The minimum absolute atomic E-state index is 0. The SMILES string of the molecule is CCC(CC)(CN)C(=O)NCc1ccc(C)cc1OCC1CCCO1.Cl. The smallest absolute Gasteiger partial charge is 0.227 e. The van der Waals surface area contributed by atoms with Gasteiger partial charge in [0.25, 0.3) is 0 Å². The van der Waals surface area contributed by atoms with E-state index in [1.807, 2.05) is 39.0 Å². The number of carbonyl (C=O) groups is 1. The molecule has 1 amide bonds. The number of hydrogen-bond donors (Lipinski definition) is 2. The van der Waals surface area contributed by atoms with E-state index in [9.17, 15) is 4.79 Å². The van der Waals surface area contributed by atoms with Crippen LogP contribution in [0.25, 0.3) is 0 Å². The van der Waals surface area contributed by atoms with Crippen LogP contribution in [-0.2, 0) is 16.1 Å². The number of nitrogens with two attached hydrogens (primary N) is 1. The quantitative estimate of drug-likeness (QED) is 0.684. The highest BCUT2D eigenvalue weighted by atomic mass is 35.5. The van der Waals surface area contributed by atoms with Crippen molar-refractivity contribution in [3.8, 4) is 5.75 Å². The van der Waals surface area contributed by atoms with E-state index in [0.717, 1.165) is 49.2 Å². The fraction of sp³-hybridized carbons (Fsp3) is 0.650. The number of carbonyl (C=O) groups excluding carboxylic acids is 1. The Morgan fingerprint density at radius 3 is 2.69 bits per heavy atom. The van der Waals surface area contributed by atoms with Gasteiger partial charge in [0, 0.05) is 25.3 Å². The Morgan fingerprint density at radius 1 is 1.38 bits per heavy atom. The van der Waals surface area contributed by atoms with Crippen molar-refractivity contribution in [1.29, 1.82) is 0 Å². The van der Waals surface area contributed by atoms with Crippen LogP contribution in [0.15, 0.2) is 18.2 Å². The Balaban J connectivity index is 0.00000338. The number of halogens is 1. The molecule has 0 aliphatic carbocycles. The van der Waals surface area contributed by atoms with Crippen LogP contribution in [0.3, 0.4) is 0 Å². The highest BCUT2D eigenvalue weighted by Gasteiger charge is 2.33. The van der Waals surface area contributed by atoms with Crippen LogP contribution < -0.4 is 15.8 Å². The molecule has 0 aromatic heterocycles. The van der Waals surface area contributed by atoms with Crippen LogP contribution >= 0.6 is 12.4 Å². The number of hydrogen-bond acceptors (Lipinski definition) is 4. The summed E-state index contributed by atoms with van der Waals surface area (Å²) in [6.07, 6.45) is 3.79. The lowest BCUT2D eigenvalue weighted by Crippen LogP contribution is -2.45. The minimum atomic E-state index is -0.483. The molecule has 1 heterocycles. The molecule has 1 saturated heterocycles. The summed E-state index contributed by atoms with van der Waals surface area (Å²) in [5.41, 5.74) is 7.50. The van der Waals surface area contributed by atoms with E-state index in [1.54, 1.807) is 0 Å². The van der Waals surface area contributed by atoms with Gasteiger partial charge in [-0.2, -0.15) is 0 Å². The predicted octanol–water partition coefficient (Wildman–Crippen LogP) is 3.36. The average molecular weight is 385 g/mol. The fourth-order valence-corrected chi connectivity index (χ4v) is 3.22. The van der Waals surface area contributed by atoms with Crippen molar-refractivity contribution in [2.45, 2.75) is 59.1 Å². The molecular formula is C20H33ClN2O3. The molecule has 1 aromatic carbocycles. The minimum Gasteiger partial charge on any atom is -0.491 e. The third kappa shape index (κ3) is 5.60. The summed E-state index contributed by atoms with van der Waals surface area (Å²) >= 11 is 0. The topological polar surface area (TPSA) is 73.6 Å². The van der Waals surface area contributed by atoms with Crippen LogP contribution in [0.5, 0.6) is 5.75 Å². The molecule has 6 heteroatoms. The lowest BCUT2D eigenvalue weighted by atomic mass is 9.81. The standard InChI is InChI=1S/C20H32N2O3.ClH/c1-4-20(5-2,14-21)19(23)22-12-16-9-8-15(3)11-18(16)25-13-17-7-6-10-24-17;/h8-9,11,17H,4-7,10,12-14,21H2,1-3H3,(H,22,23);1H. The Kier molecular flexibility index (Phi) is 9.41. The second kappa shape index (κ2) is 10.8. The highest BCUT2D eigenvalue weighted by Crippen LogP contribution is 2.26. The van der Waals surface area contributed by atoms with Gasteiger partial charge in [-0.3, -0.25) is 4.79 Å². The largest absolute Gasteiger partial charge is 0.491 e. The van der Waals surface area contributed by atoms with Crippen molar-refractivity contribution in [2.75, 3.05) is 19.8 Å². The molecule has 1 aromatic rings. The first kappa shape index (κ1) is 22.7. The van der Waals surface area contributed by atoms with Gasteiger partial charge in [-0.1, -0.05) is 26.0 Å². The second-order valence-corrected chi connectivity index (χ2v) is 6.93. The summed E-state index contributed by atoms with van der Waals surface area (Å²) in [5.74, 6) is 0.841. The predicted molar refractivity (Wildman–Crippen MR) is 107 cm³/mol. The van der Waals surface area contributed by atoms with Gasteiger partial charge < -0.3 is 20.5 Å². The van der Waals surface area contributed by atoms with Gasteiger partial charge in [-0.15, -0.1) is 12.4 Å². The Morgan fingerprint density at radius 2 is 2.12 bits per heavy atom. The van der Waals surface area contributed by atoms with Crippen LogP contribution in [0.2, 0.25) is 0 Å². The molecule has 148 valence electrons. The molecule has 1 aliphatic rings. The molecule has 1 fully saturated rings. The van der Waals surface area contributed by atoms with Gasteiger partial charge in [-0.05, 0) is 44.2 Å². The summed E-state index contributed by atoms with van der Waals surface area (Å²) < 4.78 is 11.6. The molecule has 0 saturated carbocycles. The van der Waals surface area contributed by atoms with E-state index >= 15 is 0 Å². The van der Waals surface area contributed by atoms with E-state index < -0.39 is 5.41 Å². The molecule has 1 atom stereocenters. The number of ether oxygens (including phenoxy) is 2. The van der Waals surface area contributed by atoms with E-state index in [-0.39, 0.29) is 24.4 Å². The van der Waals surface area contributed by atoms with Crippen LogP contribution in [0.4, 0.5) is 0 Å². The van der Waals surface area contributed by atoms with Gasteiger partial charge in [0.05, 0.1) is 11.5 Å². The summed E-state index contributed by atoms with van der Waals surface area (Å²) in [7, 11) is 0. The van der Waals surface area contributed by atoms with E-state index in [4.69, 9.17) is 15.2 Å². The molecule has 1 unspecified atom stereocenters. The third-order valence-corrected chi connectivity index (χ3v) is 5.34. The number of rotatable bonds is 9. The third-order valence-electron chi connectivity index (χ3n) is 5.34. The average Bonchev–Trinajstić information content (AvgIpc) is 3.14. The number of aryl methyl sites for hydroxylation is 1. The van der Waals surface area contributed by atoms with Gasteiger partial charge in [-0.25, -0.2) is 0 Å². The van der Waals surface area contributed by atoms with Crippen molar-refractivity contribution in [3.63, 3.8) is 0 Å². The monoisotopic (exact) mass is 384 g/mol. The zero-order chi connectivity index (χ0) is 18.3. The molecular weight excluding hydrogens is 352 g/mol. The van der Waals surface area contributed by atoms with Crippen LogP contribution in [0, 0.1) is 12.3 Å². The Bertz CT molecular complexity index is 562. The maximum Gasteiger partial charge on any atom is 0.227 e. The molecule has 3 N–H and O–H groups in total. The van der Waals surface area contributed by atoms with E-state index in [1.165, 1.54) is 0 Å². The van der Waals surface area contributed by atoms with E-state index in [0.29, 0.717) is 19.7 Å². The summed E-state index contributed by atoms with van der Waals surface area (Å²) in [6, 6.07) is 6.07. The first-order valence-electron chi connectivity index (χ1n) is 9.37. The molecule has 0 spiro atoms. The van der Waals surface area contributed by atoms with Crippen LogP contribution in [0.1, 0.15) is 50.7 Å². The maximum absolute atomic E-state index is 12.6. The van der Waals surface area contributed by atoms with Gasteiger partial charge in [0.15, 0.2) is 0 Å². The molecule has 2 rings (SSSR count). The molecule has 26 heavy (non-hydrogen) atoms. The van der Waals surface area contributed by atoms with Crippen molar-refractivity contribution in [3.05, 3.63) is 29.3 Å². The van der Waals surface area contributed by atoms with Crippen molar-refractivity contribution in [1.82, 2.24) is 5.32 Å². The molecule has 1 aliphatic heterocycles. The zero-order valence-corrected chi connectivity index (χ0v) is 17.0. The fourth-order valence-electron chi connectivity index (χ4n) is 3.22. The number of amides is 1. The highest BCUT2D eigenvalue weighted by molar-refractivity contribution is 5.85.